The highest BCUT2D eigenvalue weighted by molar-refractivity contribution is 5.95. The number of aliphatic hydroxyl groups is 1. The van der Waals surface area contributed by atoms with Gasteiger partial charge in [-0.15, -0.1) is 0 Å². The van der Waals surface area contributed by atoms with Crippen LogP contribution in [-0.2, 0) is 52.1 Å². The van der Waals surface area contributed by atoms with E-state index in [0.717, 1.165) is 26.2 Å². The third kappa shape index (κ3) is 6.33. The Morgan fingerprint density at radius 1 is 0.969 bits per heavy atom. The molecule has 1 spiro atoms. The fourth-order valence-corrected chi connectivity index (χ4v) is 12.9. The number of likely N-dealkylation sites (N-methyl/N-ethyl adjacent to an activating group) is 1. The maximum atomic E-state index is 15.5. The van der Waals surface area contributed by atoms with E-state index >= 15 is 13.6 Å². The molecule has 0 radical (unpaired) electrons. The van der Waals surface area contributed by atoms with Crippen molar-refractivity contribution in [3.8, 4) is 5.75 Å². The second-order valence-electron chi connectivity index (χ2n) is 18.5. The minimum atomic E-state index is -4.71. The Morgan fingerprint density at radius 2 is 1.69 bits per heavy atom. The Morgan fingerprint density at radius 3 is 2.30 bits per heavy atom. The molecule has 2 N–H and O–H groups in total. The van der Waals surface area contributed by atoms with Crippen molar-refractivity contribution in [2.24, 2.45) is 11.3 Å². The molecule has 2 aromatic carbocycles. The first-order valence-corrected chi connectivity index (χ1v) is 21.9. The Kier molecular flexibility index (Phi) is 11.2. The number of esters is 3. The van der Waals surface area contributed by atoms with Gasteiger partial charge in [0.05, 0.1) is 32.9 Å². The number of benzene rings is 2. The number of anilines is 1. The smallest absolute Gasteiger partial charge is 0.416 e. The van der Waals surface area contributed by atoms with Gasteiger partial charge < -0.3 is 33.9 Å². The summed E-state index contributed by atoms with van der Waals surface area (Å²) in [5, 5.41) is 13.5. The number of carbonyl (C=O) groups is 3. The highest BCUT2D eigenvalue weighted by atomic mass is 19.4. The monoisotopic (exact) mass is 900 g/mol. The lowest BCUT2D eigenvalue weighted by Gasteiger charge is -2.63. The number of carbonyl (C=O) groups excluding carboxylic acids is 3. The largest absolute Gasteiger partial charge is 0.496 e. The van der Waals surface area contributed by atoms with Crippen molar-refractivity contribution in [2.45, 2.75) is 113 Å². The van der Waals surface area contributed by atoms with Gasteiger partial charge in [-0.3, -0.25) is 19.4 Å². The van der Waals surface area contributed by atoms with Gasteiger partial charge in [0, 0.05) is 90.3 Å². The highest BCUT2D eigenvalue weighted by Crippen LogP contribution is 2.68. The molecule has 1 saturated heterocycles. The van der Waals surface area contributed by atoms with Gasteiger partial charge in [0.2, 0.25) is 11.5 Å². The summed E-state index contributed by atoms with van der Waals surface area (Å²) >= 11 is 0. The van der Waals surface area contributed by atoms with E-state index < -0.39 is 81.5 Å². The number of nitrogens with zero attached hydrogens (tertiary/aromatic N) is 3. The summed E-state index contributed by atoms with van der Waals surface area (Å²) in [4.78, 5) is 51.8. The fourth-order valence-electron chi connectivity index (χ4n) is 12.9. The number of rotatable bonds is 8. The molecule has 3 aromatic rings. The normalized spacial score (nSPS) is 31.8. The second kappa shape index (κ2) is 15.7. The molecule has 4 aliphatic heterocycles. The van der Waals surface area contributed by atoms with Gasteiger partial charge in [-0.05, 0) is 81.1 Å². The van der Waals surface area contributed by atoms with Gasteiger partial charge in [0.1, 0.15) is 11.2 Å². The Labute approximate surface area is 369 Å². The lowest BCUT2D eigenvalue weighted by molar-refractivity contribution is -0.228. The molecular formula is C47H57F5N4O8. The molecule has 8 rings (SSSR count). The first-order chi connectivity index (χ1) is 30.1. The molecule has 1 aliphatic carbocycles. The van der Waals surface area contributed by atoms with Crippen molar-refractivity contribution >= 4 is 34.5 Å². The Bertz CT molecular complexity index is 2400. The highest BCUT2D eigenvalue weighted by Gasteiger charge is 2.80. The molecule has 0 amide bonds. The number of H-pyrrole nitrogens is 1. The van der Waals surface area contributed by atoms with Crippen LogP contribution >= 0.6 is 0 Å². The maximum Gasteiger partial charge on any atom is 0.416 e. The van der Waals surface area contributed by atoms with Gasteiger partial charge in [0.15, 0.2) is 6.10 Å². The number of alkyl halides is 5. The lowest BCUT2D eigenvalue weighted by atomic mass is 9.47. The van der Waals surface area contributed by atoms with E-state index in [1.165, 1.54) is 27.2 Å². The van der Waals surface area contributed by atoms with E-state index in [0.29, 0.717) is 48.3 Å². The number of ether oxygens (including phenoxy) is 4. The third-order valence-electron chi connectivity index (χ3n) is 15.5. The third-order valence-corrected chi connectivity index (χ3v) is 15.5. The lowest BCUT2D eigenvalue weighted by Crippen LogP contribution is -2.81. The van der Waals surface area contributed by atoms with Crippen molar-refractivity contribution in [1.29, 1.82) is 0 Å². The van der Waals surface area contributed by atoms with Crippen LogP contribution in [0.4, 0.5) is 27.6 Å². The van der Waals surface area contributed by atoms with Crippen LogP contribution in [0.15, 0.2) is 42.5 Å². The number of aromatic nitrogens is 1. The summed E-state index contributed by atoms with van der Waals surface area (Å²) in [5.74, 6) is -6.61. The summed E-state index contributed by atoms with van der Waals surface area (Å²) in [6.45, 7) is 6.99. The van der Waals surface area contributed by atoms with Crippen LogP contribution in [-0.4, -0.2) is 122 Å². The van der Waals surface area contributed by atoms with Crippen LogP contribution in [0.1, 0.15) is 87.7 Å². The van der Waals surface area contributed by atoms with E-state index in [9.17, 15) is 27.9 Å². The second-order valence-corrected chi connectivity index (χ2v) is 18.5. The number of hydrogen-bond acceptors (Lipinski definition) is 11. The first-order valence-electron chi connectivity index (χ1n) is 21.9. The summed E-state index contributed by atoms with van der Waals surface area (Å²) in [6, 6.07) is 5.28. The number of hydrogen-bond donors (Lipinski definition) is 2. The van der Waals surface area contributed by atoms with E-state index in [2.05, 4.69) is 9.88 Å². The Balaban J connectivity index is 1.47. The van der Waals surface area contributed by atoms with Crippen molar-refractivity contribution in [3.05, 3.63) is 70.4 Å². The molecule has 1 unspecified atom stereocenters. The van der Waals surface area contributed by atoms with Crippen LogP contribution in [0.3, 0.4) is 0 Å². The summed E-state index contributed by atoms with van der Waals surface area (Å²) < 4.78 is 97.6. The molecule has 2 fully saturated rings. The van der Waals surface area contributed by atoms with Crippen molar-refractivity contribution in [2.75, 3.05) is 59.5 Å². The average Bonchev–Trinajstić information content (AvgIpc) is 3.91. The standard InChI is InChI=1S/C47H57F5N4O8/c1-9-43-16-12-19-56-20-18-45(37(43)56)31-22-32(35(61-6)23-34(31)54(5)38(45)46(60,41(59)63-8)39(43)64-26(3)57)44(40(58)62-7)17-11-13-28(42(4,48)49)24-55(10-2)25-30-29-21-27(47(50,51)52)14-15-33(29)53-36(30)44/h12,14-16,21-23,28,37-39,53,60H,9-11,13,17-20,24-25H2,1-8H3/t28?,37-,38+,39+,43+,44-,45+,46-/m0/s1. The van der Waals surface area contributed by atoms with Crippen LogP contribution in [0.2, 0.25) is 0 Å². The van der Waals surface area contributed by atoms with Gasteiger partial charge in [-0.2, -0.15) is 13.2 Å². The number of fused-ring (bicyclic) bond motifs is 4. The van der Waals surface area contributed by atoms with Crippen LogP contribution < -0.4 is 9.64 Å². The SMILES string of the molecule is CCN1Cc2c([nH]c3ccc(C(F)(F)F)cc23)[C@@](C(=O)OC)(c2cc3c(cc2OC)N(C)[C@H]2[C@@](O)(C(=O)OC)[C@H](OC(C)=O)[C@]4(CC)C=CCN5CC[C@]32[C@@H]54)CCCC(C(C)(F)F)C1. The number of nitrogens with one attached hydrogen (secondary N) is 1. The zero-order valence-electron chi connectivity index (χ0n) is 37.5. The topological polar surface area (TPSA) is 134 Å². The Hall–Kier alpha value is -4.74. The van der Waals surface area contributed by atoms with Gasteiger partial charge in [-0.1, -0.05) is 32.4 Å². The zero-order chi connectivity index (χ0) is 46.5. The van der Waals surface area contributed by atoms with E-state index in [-0.39, 0.29) is 61.3 Å². The molecule has 17 heteroatoms. The molecule has 5 heterocycles. The summed E-state index contributed by atoms with van der Waals surface area (Å²) in [5.41, 5.74) is -5.18. The molecule has 5 aliphatic rings. The summed E-state index contributed by atoms with van der Waals surface area (Å²) in [7, 11) is 5.52. The number of halogens is 5. The summed E-state index contributed by atoms with van der Waals surface area (Å²) in [6.07, 6.45) is -1.51. The van der Waals surface area contributed by atoms with Crippen LogP contribution in [0.25, 0.3) is 10.9 Å². The average molecular weight is 901 g/mol. The van der Waals surface area contributed by atoms with Crippen molar-refractivity contribution in [1.82, 2.24) is 14.8 Å². The van der Waals surface area contributed by atoms with Crippen molar-refractivity contribution in [3.63, 3.8) is 0 Å². The van der Waals surface area contributed by atoms with Crippen LogP contribution in [0, 0.1) is 11.3 Å². The predicted octanol–water partition coefficient (Wildman–Crippen LogP) is 6.88. The molecule has 1 saturated carbocycles. The molecular weight excluding hydrogens is 844 g/mol. The van der Waals surface area contributed by atoms with E-state index in [1.54, 1.807) is 29.8 Å². The van der Waals surface area contributed by atoms with Gasteiger partial charge in [-0.25, -0.2) is 13.6 Å². The predicted molar refractivity (Wildman–Crippen MR) is 226 cm³/mol. The molecule has 12 nitrogen and oxygen atoms in total. The minimum absolute atomic E-state index is 0.000616. The fraction of sp³-hybridized carbons (Fsp3) is 0.596. The maximum absolute atomic E-state index is 15.5. The molecule has 1 aromatic heterocycles. The molecule has 64 heavy (non-hydrogen) atoms. The first kappa shape index (κ1) is 45.8. The van der Waals surface area contributed by atoms with Crippen molar-refractivity contribution < 1.29 is 60.4 Å². The number of aromatic amines is 1. The minimum Gasteiger partial charge on any atom is -0.496 e. The van der Waals surface area contributed by atoms with Crippen LogP contribution in [0.5, 0.6) is 5.75 Å². The van der Waals surface area contributed by atoms with Gasteiger partial charge in [0.25, 0.3) is 0 Å². The molecule has 348 valence electrons. The van der Waals surface area contributed by atoms with E-state index in [4.69, 9.17) is 18.9 Å². The van der Waals surface area contributed by atoms with E-state index in [1.807, 2.05) is 25.1 Å². The zero-order valence-corrected chi connectivity index (χ0v) is 37.5. The molecule has 0 bridgehead atoms. The number of methoxy groups -OCH3 is 3. The quantitative estimate of drug-likeness (QED) is 0.106. The van der Waals surface area contributed by atoms with Gasteiger partial charge >= 0.3 is 24.1 Å². The molecule has 8 atom stereocenters.